The van der Waals surface area contributed by atoms with Crippen molar-refractivity contribution >= 4 is 23.6 Å². The van der Waals surface area contributed by atoms with Crippen LogP contribution in [0.1, 0.15) is 39.0 Å². The maximum Gasteiger partial charge on any atom is 0.353 e. The highest BCUT2D eigenvalue weighted by atomic mass is 32.2. The Morgan fingerprint density at radius 1 is 1.44 bits per heavy atom. The topological polar surface area (TPSA) is 128 Å². The van der Waals surface area contributed by atoms with Crippen LogP contribution < -0.4 is 5.73 Å². The lowest BCUT2D eigenvalue weighted by Gasteiger charge is -2.47. The molecule has 8 heteroatoms. The van der Waals surface area contributed by atoms with Crippen LogP contribution in [0.25, 0.3) is 0 Å². The Kier molecular flexibility index (Phi) is 6.87. The van der Waals surface area contributed by atoms with Crippen molar-refractivity contribution in [3.63, 3.8) is 0 Å². The van der Waals surface area contributed by atoms with Crippen molar-refractivity contribution in [1.82, 2.24) is 4.90 Å². The molecular formula is C17H25N3O4S. The molecule has 0 saturated carbocycles. The lowest BCUT2D eigenvalue weighted by Crippen LogP contribution is -2.63. The molecule has 7 nitrogen and oxygen atoms in total. The molecule has 1 amide bonds. The molecule has 0 aliphatic carbocycles. The highest BCUT2D eigenvalue weighted by Gasteiger charge is 2.60. The number of hydrogen-bond donors (Lipinski definition) is 3. The number of nitrogens with two attached hydrogens (primary N) is 1. The number of carbonyl (C=O) groups excluding carboxylic acids is 1. The van der Waals surface area contributed by atoms with Crippen LogP contribution in [0.2, 0.25) is 0 Å². The third-order valence-corrected chi connectivity index (χ3v) is 6.09. The number of β-lactam (4-membered cyclic amide) rings is 1. The van der Waals surface area contributed by atoms with Gasteiger partial charge in [0.05, 0.1) is 24.1 Å². The molecule has 4 N–H and O–H groups in total. The molecule has 0 aromatic heterocycles. The number of nitriles is 1. The maximum absolute atomic E-state index is 12.4. The molecule has 2 aliphatic heterocycles. The van der Waals surface area contributed by atoms with Crippen LogP contribution in [0.3, 0.4) is 0 Å². The lowest BCUT2D eigenvalue weighted by atomic mass is 9.77. The van der Waals surface area contributed by atoms with E-state index in [0.717, 1.165) is 19.3 Å². The molecule has 0 radical (unpaired) electrons. The molecule has 25 heavy (non-hydrogen) atoms. The first-order chi connectivity index (χ1) is 12.0. The van der Waals surface area contributed by atoms with Gasteiger partial charge in [0.25, 0.3) is 0 Å². The molecular weight excluding hydrogens is 342 g/mol. The van der Waals surface area contributed by atoms with Crippen molar-refractivity contribution < 1.29 is 19.8 Å². The van der Waals surface area contributed by atoms with E-state index in [1.165, 1.54) is 16.7 Å². The average Bonchev–Trinajstić information content (AvgIpc) is 2.82. The van der Waals surface area contributed by atoms with E-state index < -0.39 is 18.0 Å². The number of aliphatic hydroxyl groups excluding tert-OH is 1. The van der Waals surface area contributed by atoms with Crippen LogP contribution in [-0.2, 0) is 9.59 Å². The number of thioether (sulfide) groups is 1. The standard InChI is InChI=1S/C17H25N3O4S/c1-10(21)12-13-11(6-2-3-7-18)15(25-9-5-4-8-19)14(17(23)24)20(13)16(12)22/h10-13,21H,2-7,9,18H2,1H3,(H,23,24)/t10-,11-,12-,13-/m1/s1. The fraction of sp³-hybridized carbons (Fsp3) is 0.706. The minimum absolute atomic E-state index is 0.0617. The van der Waals surface area contributed by atoms with Gasteiger partial charge in [-0.1, -0.05) is 6.42 Å². The van der Waals surface area contributed by atoms with E-state index in [9.17, 15) is 19.8 Å². The summed E-state index contributed by atoms with van der Waals surface area (Å²) in [5.41, 5.74) is 5.63. The summed E-state index contributed by atoms with van der Waals surface area (Å²) in [6.45, 7) is 2.15. The number of amides is 1. The smallest absolute Gasteiger partial charge is 0.353 e. The van der Waals surface area contributed by atoms with Gasteiger partial charge < -0.3 is 20.8 Å². The molecule has 1 fully saturated rings. The number of aliphatic hydroxyl groups is 1. The summed E-state index contributed by atoms with van der Waals surface area (Å²) in [7, 11) is 0. The number of unbranched alkanes of at least 4 members (excludes halogenated alkanes) is 2. The second-order valence-corrected chi connectivity index (χ2v) is 7.62. The number of carboxylic acid groups (broad SMARTS) is 1. The van der Waals surface area contributed by atoms with E-state index in [4.69, 9.17) is 11.0 Å². The van der Waals surface area contributed by atoms with Gasteiger partial charge in [0.2, 0.25) is 5.91 Å². The number of carbonyl (C=O) groups is 2. The van der Waals surface area contributed by atoms with Gasteiger partial charge in [-0.3, -0.25) is 4.79 Å². The lowest BCUT2D eigenvalue weighted by molar-refractivity contribution is -0.163. The summed E-state index contributed by atoms with van der Waals surface area (Å²) < 4.78 is 0. The highest BCUT2D eigenvalue weighted by molar-refractivity contribution is 8.03. The summed E-state index contributed by atoms with van der Waals surface area (Å²) in [6, 6.07) is 1.80. The number of aliphatic carboxylic acids is 1. The van der Waals surface area contributed by atoms with Crippen LogP contribution in [-0.4, -0.2) is 51.4 Å². The predicted molar refractivity (Wildman–Crippen MR) is 94.2 cm³/mol. The number of nitrogens with zero attached hydrogens (tertiary/aromatic N) is 2. The first-order valence-electron chi connectivity index (χ1n) is 8.64. The number of hydrogen-bond acceptors (Lipinski definition) is 6. The second-order valence-electron chi connectivity index (χ2n) is 6.48. The van der Waals surface area contributed by atoms with E-state index >= 15 is 0 Å². The summed E-state index contributed by atoms with van der Waals surface area (Å²) in [5.74, 6) is -1.40. The van der Waals surface area contributed by atoms with E-state index in [1.807, 2.05) is 0 Å². The second kappa shape index (κ2) is 8.70. The Morgan fingerprint density at radius 2 is 2.16 bits per heavy atom. The molecule has 2 aliphatic rings. The van der Waals surface area contributed by atoms with Crippen molar-refractivity contribution in [2.75, 3.05) is 12.3 Å². The quantitative estimate of drug-likeness (QED) is 0.392. The summed E-state index contributed by atoms with van der Waals surface area (Å²) in [5, 5.41) is 28.3. The molecule has 0 unspecified atom stereocenters. The van der Waals surface area contributed by atoms with Gasteiger partial charge in [-0.05, 0) is 38.5 Å². The molecule has 2 heterocycles. The Balaban J connectivity index is 2.26. The highest BCUT2D eigenvalue weighted by Crippen LogP contribution is 2.52. The van der Waals surface area contributed by atoms with Crippen LogP contribution in [0.4, 0.5) is 0 Å². The largest absolute Gasteiger partial charge is 0.477 e. The fourth-order valence-corrected chi connectivity index (χ4v) is 4.99. The normalized spacial score (nSPS) is 26.2. The fourth-order valence-electron chi connectivity index (χ4n) is 3.69. The van der Waals surface area contributed by atoms with Crippen LogP contribution in [0.5, 0.6) is 0 Å². The van der Waals surface area contributed by atoms with Crippen molar-refractivity contribution in [3.05, 3.63) is 10.6 Å². The molecule has 138 valence electrons. The van der Waals surface area contributed by atoms with Crippen LogP contribution in [0, 0.1) is 23.2 Å². The molecule has 0 aromatic carbocycles. The Labute approximate surface area is 151 Å². The van der Waals surface area contributed by atoms with Crippen molar-refractivity contribution in [1.29, 1.82) is 5.26 Å². The van der Waals surface area contributed by atoms with E-state index in [-0.39, 0.29) is 23.6 Å². The van der Waals surface area contributed by atoms with E-state index in [2.05, 4.69) is 6.07 Å². The zero-order chi connectivity index (χ0) is 18.6. The molecule has 0 spiro atoms. The third-order valence-electron chi connectivity index (χ3n) is 4.79. The monoisotopic (exact) mass is 367 g/mol. The first kappa shape index (κ1) is 19.8. The number of fused-ring (bicyclic) bond motifs is 1. The van der Waals surface area contributed by atoms with Gasteiger partial charge >= 0.3 is 5.97 Å². The van der Waals surface area contributed by atoms with E-state index in [1.54, 1.807) is 6.92 Å². The maximum atomic E-state index is 12.4. The summed E-state index contributed by atoms with van der Waals surface area (Å²) in [4.78, 5) is 26.3. The van der Waals surface area contributed by atoms with Gasteiger partial charge in [0.1, 0.15) is 5.70 Å². The van der Waals surface area contributed by atoms with Crippen LogP contribution >= 0.6 is 11.8 Å². The van der Waals surface area contributed by atoms with Gasteiger partial charge in [-0.25, -0.2) is 4.79 Å². The molecule has 2 rings (SSSR count). The number of rotatable bonds is 10. The minimum atomic E-state index is -1.11. The molecule has 0 aromatic rings. The van der Waals surface area contributed by atoms with Crippen molar-refractivity contribution in [2.45, 2.75) is 51.2 Å². The average molecular weight is 367 g/mol. The SMILES string of the molecule is C[C@@H](O)[C@H]1C(=O)N2C(C(=O)O)=C(SCCCC#N)[C@H](CCCCN)[C@H]12. The van der Waals surface area contributed by atoms with Gasteiger partial charge in [-0.15, -0.1) is 11.8 Å². The van der Waals surface area contributed by atoms with Crippen LogP contribution in [0.15, 0.2) is 10.6 Å². The van der Waals surface area contributed by atoms with Gasteiger partial charge in [-0.2, -0.15) is 5.26 Å². The van der Waals surface area contributed by atoms with Gasteiger partial charge in [0, 0.05) is 17.2 Å². The molecule has 1 saturated heterocycles. The molecule has 0 bridgehead atoms. The zero-order valence-electron chi connectivity index (χ0n) is 14.4. The van der Waals surface area contributed by atoms with E-state index in [0.29, 0.717) is 30.0 Å². The number of carboxylic acids is 1. The minimum Gasteiger partial charge on any atom is -0.477 e. The van der Waals surface area contributed by atoms with Gasteiger partial charge in [0.15, 0.2) is 0 Å². The predicted octanol–water partition coefficient (Wildman–Crippen LogP) is 1.29. The zero-order valence-corrected chi connectivity index (χ0v) is 15.2. The Hall–Kier alpha value is -1.56. The summed E-state index contributed by atoms with van der Waals surface area (Å²) in [6.07, 6.45) is 2.72. The Bertz CT molecular complexity index is 599. The summed E-state index contributed by atoms with van der Waals surface area (Å²) >= 11 is 1.43. The Morgan fingerprint density at radius 3 is 2.72 bits per heavy atom. The van der Waals surface area contributed by atoms with Crippen molar-refractivity contribution in [2.24, 2.45) is 17.6 Å². The van der Waals surface area contributed by atoms with Crippen molar-refractivity contribution in [3.8, 4) is 6.07 Å². The molecule has 4 atom stereocenters. The first-order valence-corrected chi connectivity index (χ1v) is 9.62. The third kappa shape index (κ3) is 3.84.